The molecule has 1 N–H and O–H groups in total. The van der Waals surface area contributed by atoms with E-state index in [4.69, 9.17) is 4.74 Å². The number of piperidine rings is 1. The topological polar surface area (TPSA) is 59.4 Å². The number of carbonyl (C=O) groups excluding carboxylic acids is 1. The van der Waals surface area contributed by atoms with Crippen molar-refractivity contribution in [3.05, 3.63) is 18.2 Å². The van der Waals surface area contributed by atoms with Gasteiger partial charge in [0.05, 0.1) is 6.54 Å². The van der Waals surface area contributed by atoms with Crippen LogP contribution in [-0.2, 0) is 22.6 Å². The third kappa shape index (κ3) is 4.54. The lowest BCUT2D eigenvalue weighted by atomic mass is 10.1. The quantitative estimate of drug-likeness (QED) is 0.816. The summed E-state index contributed by atoms with van der Waals surface area (Å²) in [6, 6.07) is 0.461. The predicted octanol–water partition coefficient (Wildman–Crippen LogP) is 1.02. The number of nitrogens with zero attached hydrogens (tertiary/aromatic N) is 3. The van der Waals surface area contributed by atoms with Crippen molar-refractivity contribution in [1.82, 2.24) is 19.8 Å². The van der Waals surface area contributed by atoms with Crippen LogP contribution in [0.5, 0.6) is 0 Å². The van der Waals surface area contributed by atoms with Crippen LogP contribution < -0.4 is 5.32 Å². The Morgan fingerprint density at radius 1 is 1.48 bits per heavy atom. The first kappa shape index (κ1) is 16.0. The minimum atomic E-state index is 0.0921. The Morgan fingerprint density at radius 3 is 2.90 bits per heavy atom. The van der Waals surface area contributed by atoms with Crippen LogP contribution in [-0.4, -0.2) is 53.2 Å². The van der Waals surface area contributed by atoms with Crippen LogP contribution in [0.3, 0.4) is 0 Å². The number of nitrogens with one attached hydrogen (secondary N) is 1. The third-order valence-electron chi connectivity index (χ3n) is 3.93. The van der Waals surface area contributed by atoms with E-state index in [2.05, 4.69) is 21.8 Å². The van der Waals surface area contributed by atoms with Crippen molar-refractivity contribution in [2.75, 3.05) is 26.8 Å². The highest BCUT2D eigenvalue weighted by atomic mass is 16.5. The Kier molecular flexibility index (Phi) is 6.20. The molecular formula is C15H26N4O2. The van der Waals surface area contributed by atoms with Crippen LogP contribution in [0.15, 0.2) is 12.4 Å². The fourth-order valence-corrected chi connectivity index (χ4v) is 2.74. The monoisotopic (exact) mass is 294 g/mol. The average Bonchev–Trinajstić information content (AvgIpc) is 2.94. The molecule has 0 aliphatic carbocycles. The first-order valence-electron chi connectivity index (χ1n) is 7.74. The summed E-state index contributed by atoms with van der Waals surface area (Å²) in [7, 11) is 1.56. The van der Waals surface area contributed by atoms with Crippen LogP contribution >= 0.6 is 0 Å². The highest BCUT2D eigenvalue weighted by molar-refractivity contribution is 5.77. The van der Waals surface area contributed by atoms with Crippen LogP contribution in [0.2, 0.25) is 0 Å². The summed E-state index contributed by atoms with van der Waals surface area (Å²) >= 11 is 0. The molecule has 0 radical (unpaired) electrons. The molecule has 2 rings (SSSR count). The van der Waals surface area contributed by atoms with Crippen molar-refractivity contribution >= 4 is 5.91 Å². The van der Waals surface area contributed by atoms with Gasteiger partial charge in [0, 0.05) is 45.2 Å². The van der Waals surface area contributed by atoms with Crippen LogP contribution in [0, 0.1) is 0 Å². The molecule has 0 atom stereocenters. The van der Waals surface area contributed by atoms with Gasteiger partial charge in [-0.1, -0.05) is 6.92 Å². The lowest BCUT2D eigenvalue weighted by molar-refractivity contribution is -0.136. The summed E-state index contributed by atoms with van der Waals surface area (Å²) in [4.78, 5) is 18.0. The van der Waals surface area contributed by atoms with Gasteiger partial charge in [0.15, 0.2) is 0 Å². The minimum Gasteiger partial charge on any atom is -0.375 e. The molecule has 1 aromatic heterocycles. The van der Waals surface area contributed by atoms with Crippen LogP contribution in [0.4, 0.5) is 0 Å². The van der Waals surface area contributed by atoms with E-state index < -0.39 is 0 Å². The molecule has 0 saturated carbocycles. The highest BCUT2D eigenvalue weighted by Crippen LogP contribution is 2.11. The molecule has 6 nitrogen and oxygen atoms in total. The van der Waals surface area contributed by atoms with E-state index in [1.165, 1.54) is 0 Å². The molecular weight excluding hydrogens is 268 g/mol. The van der Waals surface area contributed by atoms with Gasteiger partial charge in [0.25, 0.3) is 0 Å². The van der Waals surface area contributed by atoms with Gasteiger partial charge in [-0.05, 0) is 19.3 Å². The van der Waals surface area contributed by atoms with Crippen LogP contribution in [0.25, 0.3) is 0 Å². The van der Waals surface area contributed by atoms with E-state index in [1.54, 1.807) is 7.11 Å². The fraction of sp³-hybridized carbons (Fsp3) is 0.733. The molecule has 1 amide bonds. The summed E-state index contributed by atoms with van der Waals surface area (Å²) in [6.07, 6.45) is 6.99. The van der Waals surface area contributed by atoms with Crippen molar-refractivity contribution in [3.8, 4) is 0 Å². The maximum atomic E-state index is 11.7. The van der Waals surface area contributed by atoms with Crippen molar-refractivity contribution < 1.29 is 9.53 Å². The highest BCUT2D eigenvalue weighted by Gasteiger charge is 2.22. The molecule has 1 saturated heterocycles. The summed E-state index contributed by atoms with van der Waals surface area (Å²) in [6.45, 7) is 5.79. The Balaban J connectivity index is 1.73. The predicted molar refractivity (Wildman–Crippen MR) is 80.8 cm³/mol. The summed E-state index contributed by atoms with van der Waals surface area (Å²) in [5.41, 5.74) is 0. The zero-order valence-electron chi connectivity index (χ0n) is 13.0. The third-order valence-corrected chi connectivity index (χ3v) is 3.93. The molecule has 2 heterocycles. The van der Waals surface area contributed by atoms with E-state index in [9.17, 15) is 4.79 Å². The van der Waals surface area contributed by atoms with Crippen molar-refractivity contribution in [3.63, 3.8) is 0 Å². The van der Waals surface area contributed by atoms with Gasteiger partial charge in [-0.2, -0.15) is 0 Å². The molecule has 0 bridgehead atoms. The number of hydrogen-bond acceptors (Lipinski definition) is 4. The van der Waals surface area contributed by atoms with E-state index in [0.717, 1.165) is 51.3 Å². The van der Waals surface area contributed by atoms with Gasteiger partial charge in [0.1, 0.15) is 12.4 Å². The standard InChI is InChI=1S/C15H26N4O2/c1-3-7-18-10-6-16-14(18)11-17-13-4-8-19(9-5-13)15(20)12-21-2/h6,10,13,17H,3-5,7-9,11-12H2,1-2H3. The number of carbonyl (C=O) groups is 1. The van der Waals surface area contributed by atoms with Crippen LogP contribution in [0.1, 0.15) is 32.0 Å². The van der Waals surface area contributed by atoms with E-state index in [1.807, 2.05) is 17.3 Å². The number of methoxy groups -OCH3 is 1. The molecule has 21 heavy (non-hydrogen) atoms. The summed E-state index contributed by atoms with van der Waals surface area (Å²) < 4.78 is 7.10. The van der Waals surface area contributed by atoms with Gasteiger partial charge in [0.2, 0.25) is 5.91 Å². The minimum absolute atomic E-state index is 0.0921. The number of aromatic nitrogens is 2. The summed E-state index contributed by atoms with van der Waals surface area (Å²) in [5, 5.41) is 3.56. The lowest BCUT2D eigenvalue weighted by Gasteiger charge is -2.32. The first-order valence-corrected chi connectivity index (χ1v) is 7.74. The van der Waals surface area contributed by atoms with Gasteiger partial charge in [-0.3, -0.25) is 4.79 Å². The molecule has 1 aliphatic heterocycles. The fourth-order valence-electron chi connectivity index (χ4n) is 2.74. The smallest absolute Gasteiger partial charge is 0.248 e. The Morgan fingerprint density at radius 2 is 2.24 bits per heavy atom. The number of hydrogen-bond donors (Lipinski definition) is 1. The Labute approximate surface area is 126 Å². The summed E-state index contributed by atoms with van der Waals surface area (Å²) in [5.74, 6) is 1.18. The molecule has 1 aliphatic rings. The number of rotatable bonds is 7. The number of aryl methyl sites for hydroxylation is 1. The SMILES string of the molecule is CCCn1ccnc1CNC1CCN(C(=O)COC)CC1. The molecule has 1 aromatic rings. The Hall–Kier alpha value is -1.40. The average molecular weight is 294 g/mol. The molecule has 0 spiro atoms. The number of imidazole rings is 1. The lowest BCUT2D eigenvalue weighted by Crippen LogP contribution is -2.45. The largest absolute Gasteiger partial charge is 0.375 e. The second-order valence-corrected chi connectivity index (χ2v) is 5.51. The van der Waals surface area contributed by atoms with Gasteiger partial charge in [-0.25, -0.2) is 4.98 Å². The van der Waals surface area contributed by atoms with Gasteiger partial charge < -0.3 is 19.5 Å². The van der Waals surface area contributed by atoms with Gasteiger partial charge in [-0.15, -0.1) is 0 Å². The zero-order chi connectivity index (χ0) is 15.1. The van der Waals surface area contributed by atoms with E-state index >= 15 is 0 Å². The van der Waals surface area contributed by atoms with E-state index in [0.29, 0.717) is 6.04 Å². The zero-order valence-corrected chi connectivity index (χ0v) is 13.0. The maximum absolute atomic E-state index is 11.7. The molecule has 0 unspecified atom stereocenters. The van der Waals surface area contributed by atoms with E-state index in [-0.39, 0.29) is 12.5 Å². The van der Waals surface area contributed by atoms with Gasteiger partial charge >= 0.3 is 0 Å². The molecule has 118 valence electrons. The maximum Gasteiger partial charge on any atom is 0.248 e. The number of likely N-dealkylation sites (tertiary alicyclic amines) is 1. The second kappa shape index (κ2) is 8.14. The second-order valence-electron chi connectivity index (χ2n) is 5.51. The molecule has 6 heteroatoms. The Bertz CT molecular complexity index is 439. The van der Waals surface area contributed by atoms with Crippen molar-refractivity contribution in [1.29, 1.82) is 0 Å². The first-order chi connectivity index (χ1) is 10.2. The van der Waals surface area contributed by atoms with Crippen molar-refractivity contribution in [2.24, 2.45) is 0 Å². The molecule has 0 aromatic carbocycles. The number of amides is 1. The molecule has 1 fully saturated rings. The van der Waals surface area contributed by atoms with Crippen molar-refractivity contribution in [2.45, 2.75) is 45.3 Å². The normalized spacial score (nSPS) is 16.4. The number of ether oxygens (including phenoxy) is 1.